The second kappa shape index (κ2) is 8.07. The number of carbonyl (C=O) groups is 1. The van der Waals surface area contributed by atoms with Crippen LogP contribution < -0.4 is 0 Å². The van der Waals surface area contributed by atoms with Crippen LogP contribution in [0, 0.1) is 6.92 Å². The summed E-state index contributed by atoms with van der Waals surface area (Å²) in [5.74, 6) is -0.0570. The Hall–Kier alpha value is -1.78. The van der Waals surface area contributed by atoms with E-state index in [2.05, 4.69) is 30.8 Å². The van der Waals surface area contributed by atoms with Gasteiger partial charge in [-0.3, -0.25) is 4.79 Å². The third-order valence-corrected chi connectivity index (χ3v) is 5.53. The lowest BCUT2D eigenvalue weighted by atomic mass is 9.91. The molecule has 0 spiro atoms. The first-order valence-electron chi connectivity index (χ1n) is 9.44. The first kappa shape index (κ1) is 20.0. The van der Waals surface area contributed by atoms with Gasteiger partial charge in [0.2, 0.25) is 0 Å². The SMILES string of the molecule is CCCN(CCC)C1=CC(=O)n2nc(C)c(-c3ccc(Cl)cc3Cl)c2C1C. The second-order valence-electron chi connectivity index (χ2n) is 7.00. The average Bonchev–Trinajstić information content (AvgIpc) is 2.96. The van der Waals surface area contributed by atoms with Gasteiger partial charge in [0.1, 0.15) is 0 Å². The maximum atomic E-state index is 12.8. The van der Waals surface area contributed by atoms with Gasteiger partial charge in [-0.2, -0.15) is 9.78 Å². The van der Waals surface area contributed by atoms with Crippen molar-refractivity contribution in [2.75, 3.05) is 13.1 Å². The van der Waals surface area contributed by atoms with E-state index >= 15 is 0 Å². The van der Waals surface area contributed by atoms with E-state index in [9.17, 15) is 4.79 Å². The molecule has 1 aromatic heterocycles. The van der Waals surface area contributed by atoms with Crippen LogP contribution in [0.1, 0.15) is 55.7 Å². The highest BCUT2D eigenvalue weighted by Gasteiger charge is 2.33. The number of aromatic nitrogens is 2. The molecular formula is C21H25Cl2N3O. The molecule has 2 aromatic rings. The molecule has 2 heterocycles. The third-order valence-electron chi connectivity index (χ3n) is 4.98. The van der Waals surface area contributed by atoms with Gasteiger partial charge in [-0.05, 0) is 31.9 Å². The molecule has 0 bridgehead atoms. The van der Waals surface area contributed by atoms with Gasteiger partial charge in [0.25, 0.3) is 5.91 Å². The predicted octanol–water partition coefficient (Wildman–Crippen LogP) is 5.93. The summed E-state index contributed by atoms with van der Waals surface area (Å²) in [4.78, 5) is 15.2. The average molecular weight is 406 g/mol. The predicted molar refractivity (Wildman–Crippen MR) is 112 cm³/mol. The minimum Gasteiger partial charge on any atom is -0.374 e. The van der Waals surface area contributed by atoms with Gasteiger partial charge < -0.3 is 4.90 Å². The van der Waals surface area contributed by atoms with Gasteiger partial charge in [0, 0.05) is 46.9 Å². The molecule has 1 aromatic carbocycles. The van der Waals surface area contributed by atoms with Crippen LogP contribution in [-0.2, 0) is 0 Å². The van der Waals surface area contributed by atoms with Crippen LogP contribution in [0.4, 0.5) is 0 Å². The minimum absolute atomic E-state index is 0.0451. The van der Waals surface area contributed by atoms with Crippen molar-refractivity contribution in [3.05, 3.63) is 51.4 Å². The normalized spacial score (nSPS) is 16.3. The Kier molecular flexibility index (Phi) is 5.97. The molecule has 3 rings (SSSR count). The van der Waals surface area contributed by atoms with Crippen LogP contribution in [0.25, 0.3) is 11.1 Å². The monoisotopic (exact) mass is 405 g/mol. The van der Waals surface area contributed by atoms with Gasteiger partial charge in [-0.15, -0.1) is 0 Å². The smallest absolute Gasteiger partial charge is 0.272 e. The molecule has 1 atom stereocenters. The Morgan fingerprint density at radius 2 is 1.85 bits per heavy atom. The molecule has 1 aliphatic rings. The second-order valence-corrected chi connectivity index (χ2v) is 7.84. The standard InChI is InChI=1S/C21H25Cl2N3O/c1-5-9-25(10-6-2)18-12-19(27)26-21(13(18)3)20(14(4)24-26)16-8-7-15(22)11-17(16)23/h7-8,11-13H,5-6,9-10H2,1-4H3. The fourth-order valence-electron chi connectivity index (χ4n) is 3.87. The summed E-state index contributed by atoms with van der Waals surface area (Å²) in [5.41, 5.74) is 4.54. The zero-order chi connectivity index (χ0) is 19.7. The summed E-state index contributed by atoms with van der Waals surface area (Å²) < 4.78 is 1.53. The number of rotatable bonds is 6. The van der Waals surface area contributed by atoms with E-state index in [0.717, 1.165) is 54.1 Å². The summed E-state index contributed by atoms with van der Waals surface area (Å²) in [6, 6.07) is 5.45. The quantitative estimate of drug-likeness (QED) is 0.597. The topological polar surface area (TPSA) is 38.1 Å². The molecular weight excluding hydrogens is 381 g/mol. The molecule has 1 aliphatic heterocycles. The number of carbonyl (C=O) groups excluding carboxylic acids is 1. The third kappa shape index (κ3) is 3.65. The highest BCUT2D eigenvalue weighted by Crippen LogP contribution is 2.41. The van der Waals surface area contributed by atoms with Crippen molar-refractivity contribution >= 4 is 29.1 Å². The van der Waals surface area contributed by atoms with Gasteiger partial charge in [-0.1, -0.05) is 50.0 Å². The first-order chi connectivity index (χ1) is 12.9. The van der Waals surface area contributed by atoms with E-state index in [0.29, 0.717) is 10.0 Å². The number of hydrogen-bond donors (Lipinski definition) is 0. The van der Waals surface area contributed by atoms with Crippen LogP contribution >= 0.6 is 23.2 Å². The lowest BCUT2D eigenvalue weighted by Crippen LogP contribution is -2.33. The van der Waals surface area contributed by atoms with E-state index < -0.39 is 0 Å². The number of hydrogen-bond acceptors (Lipinski definition) is 3. The Balaban J connectivity index is 2.14. The van der Waals surface area contributed by atoms with Crippen molar-refractivity contribution in [2.45, 2.75) is 46.5 Å². The molecule has 27 heavy (non-hydrogen) atoms. The highest BCUT2D eigenvalue weighted by molar-refractivity contribution is 6.36. The van der Waals surface area contributed by atoms with E-state index in [1.165, 1.54) is 4.68 Å². The highest BCUT2D eigenvalue weighted by atomic mass is 35.5. The molecule has 0 amide bonds. The number of aryl methyl sites for hydroxylation is 1. The maximum Gasteiger partial charge on any atom is 0.272 e. The number of nitrogens with zero attached hydrogens (tertiary/aromatic N) is 3. The summed E-state index contributed by atoms with van der Waals surface area (Å²) in [7, 11) is 0. The summed E-state index contributed by atoms with van der Waals surface area (Å²) >= 11 is 12.6. The molecule has 0 N–H and O–H groups in total. The van der Waals surface area contributed by atoms with Gasteiger partial charge in [0.05, 0.1) is 16.4 Å². The summed E-state index contributed by atoms with van der Waals surface area (Å²) in [6.07, 6.45) is 3.81. The molecule has 4 nitrogen and oxygen atoms in total. The van der Waals surface area contributed by atoms with Crippen molar-refractivity contribution in [1.82, 2.24) is 14.7 Å². The van der Waals surface area contributed by atoms with Crippen LogP contribution in [0.15, 0.2) is 30.0 Å². The fraction of sp³-hybridized carbons (Fsp3) is 0.429. The Bertz CT molecular complexity index is 895. The Morgan fingerprint density at radius 1 is 1.19 bits per heavy atom. The van der Waals surface area contributed by atoms with Gasteiger partial charge in [-0.25, -0.2) is 0 Å². The largest absolute Gasteiger partial charge is 0.374 e. The minimum atomic E-state index is -0.102. The molecule has 0 aliphatic carbocycles. The first-order valence-corrected chi connectivity index (χ1v) is 10.2. The number of allylic oxidation sites excluding steroid dienone is 2. The lowest BCUT2D eigenvalue weighted by Gasteiger charge is -2.33. The van der Waals surface area contributed by atoms with E-state index in [4.69, 9.17) is 23.2 Å². The number of fused-ring (bicyclic) bond motifs is 1. The van der Waals surface area contributed by atoms with Crippen molar-refractivity contribution in [1.29, 1.82) is 0 Å². The zero-order valence-corrected chi connectivity index (χ0v) is 17.7. The van der Waals surface area contributed by atoms with E-state index in [1.54, 1.807) is 12.1 Å². The maximum absolute atomic E-state index is 12.8. The molecule has 0 saturated carbocycles. The molecule has 1 unspecified atom stereocenters. The van der Waals surface area contributed by atoms with Crippen molar-refractivity contribution in [2.24, 2.45) is 0 Å². The Morgan fingerprint density at radius 3 is 2.44 bits per heavy atom. The van der Waals surface area contributed by atoms with Crippen LogP contribution in [0.2, 0.25) is 10.0 Å². The van der Waals surface area contributed by atoms with E-state index in [1.807, 2.05) is 19.1 Å². The van der Waals surface area contributed by atoms with Crippen molar-refractivity contribution < 1.29 is 4.79 Å². The fourth-order valence-corrected chi connectivity index (χ4v) is 4.37. The van der Waals surface area contributed by atoms with Crippen molar-refractivity contribution in [3.63, 3.8) is 0 Å². The molecule has 0 saturated heterocycles. The van der Waals surface area contributed by atoms with Crippen molar-refractivity contribution in [3.8, 4) is 11.1 Å². The van der Waals surface area contributed by atoms with Crippen LogP contribution in [0.3, 0.4) is 0 Å². The van der Waals surface area contributed by atoms with Gasteiger partial charge >= 0.3 is 0 Å². The van der Waals surface area contributed by atoms with Crippen LogP contribution in [0.5, 0.6) is 0 Å². The van der Waals surface area contributed by atoms with E-state index in [-0.39, 0.29) is 11.8 Å². The molecule has 0 fully saturated rings. The number of benzene rings is 1. The molecule has 6 heteroatoms. The van der Waals surface area contributed by atoms with Crippen LogP contribution in [-0.4, -0.2) is 33.7 Å². The molecule has 144 valence electrons. The molecule has 0 radical (unpaired) electrons. The summed E-state index contributed by atoms with van der Waals surface area (Å²) in [5, 5.41) is 5.67. The summed E-state index contributed by atoms with van der Waals surface area (Å²) in [6.45, 7) is 10.2. The Labute approximate surface area is 170 Å². The lowest BCUT2D eigenvalue weighted by molar-refractivity contribution is 0.0937. The number of halogens is 2. The zero-order valence-electron chi connectivity index (χ0n) is 16.2. The van der Waals surface area contributed by atoms with Gasteiger partial charge in [0.15, 0.2) is 0 Å².